The summed E-state index contributed by atoms with van der Waals surface area (Å²) in [5, 5.41) is 6.71. The van der Waals surface area contributed by atoms with Crippen LogP contribution in [0.2, 0.25) is 0 Å². The molecule has 0 bridgehead atoms. The van der Waals surface area contributed by atoms with Crippen LogP contribution in [-0.4, -0.2) is 18.2 Å². The third-order valence-corrected chi connectivity index (χ3v) is 3.41. The molecular formula is C18H16N2O3. The number of ether oxygens (including phenoxy) is 1. The summed E-state index contributed by atoms with van der Waals surface area (Å²) in [5.74, 6) is 0.466. The average molecular weight is 308 g/mol. The molecule has 1 amide bonds. The Balaban J connectivity index is 1.76. The number of rotatable bonds is 4. The molecule has 116 valence electrons. The van der Waals surface area contributed by atoms with Gasteiger partial charge in [0.1, 0.15) is 11.4 Å². The summed E-state index contributed by atoms with van der Waals surface area (Å²) in [5.41, 5.74) is 3.32. The Morgan fingerprint density at radius 1 is 1.13 bits per heavy atom. The molecule has 0 aliphatic heterocycles. The molecule has 1 heterocycles. The molecule has 5 heteroatoms. The predicted octanol–water partition coefficient (Wildman–Crippen LogP) is 3.91. The highest BCUT2D eigenvalue weighted by molar-refractivity contribution is 6.02. The SMILES string of the molecule is COc1cccc(NC(=O)c2cc(-c3ccc(C)cc3)no2)c1. The van der Waals surface area contributed by atoms with Crippen LogP contribution in [0.15, 0.2) is 59.1 Å². The van der Waals surface area contributed by atoms with Crippen LogP contribution in [0.4, 0.5) is 5.69 Å². The average Bonchev–Trinajstić information content (AvgIpc) is 3.06. The van der Waals surface area contributed by atoms with Crippen LogP contribution in [0, 0.1) is 6.92 Å². The second-order valence-corrected chi connectivity index (χ2v) is 5.13. The Hall–Kier alpha value is -3.08. The van der Waals surface area contributed by atoms with Crippen LogP contribution < -0.4 is 10.1 Å². The minimum Gasteiger partial charge on any atom is -0.497 e. The lowest BCUT2D eigenvalue weighted by Crippen LogP contribution is -2.10. The first kappa shape index (κ1) is 14.8. The molecule has 0 aliphatic carbocycles. The van der Waals surface area contributed by atoms with Gasteiger partial charge in [0.05, 0.1) is 7.11 Å². The van der Waals surface area contributed by atoms with Gasteiger partial charge in [-0.2, -0.15) is 0 Å². The van der Waals surface area contributed by atoms with Crippen LogP contribution in [0.3, 0.4) is 0 Å². The molecule has 0 radical (unpaired) electrons. The zero-order valence-electron chi connectivity index (χ0n) is 12.9. The Morgan fingerprint density at radius 2 is 1.91 bits per heavy atom. The van der Waals surface area contributed by atoms with Crippen molar-refractivity contribution in [3.63, 3.8) is 0 Å². The lowest BCUT2D eigenvalue weighted by molar-refractivity contribution is 0.0988. The van der Waals surface area contributed by atoms with Gasteiger partial charge in [-0.25, -0.2) is 0 Å². The number of methoxy groups -OCH3 is 1. The van der Waals surface area contributed by atoms with E-state index in [2.05, 4.69) is 10.5 Å². The first-order chi connectivity index (χ1) is 11.2. The van der Waals surface area contributed by atoms with E-state index in [1.807, 2.05) is 31.2 Å². The van der Waals surface area contributed by atoms with Gasteiger partial charge in [-0.05, 0) is 19.1 Å². The number of benzene rings is 2. The van der Waals surface area contributed by atoms with E-state index in [1.54, 1.807) is 37.4 Å². The zero-order valence-corrected chi connectivity index (χ0v) is 12.9. The molecule has 0 saturated carbocycles. The van der Waals surface area contributed by atoms with E-state index in [4.69, 9.17) is 9.26 Å². The van der Waals surface area contributed by atoms with Crippen molar-refractivity contribution in [3.05, 3.63) is 65.9 Å². The number of nitrogens with zero attached hydrogens (tertiary/aromatic N) is 1. The number of hydrogen-bond acceptors (Lipinski definition) is 4. The van der Waals surface area contributed by atoms with Crippen molar-refractivity contribution < 1.29 is 14.1 Å². The van der Waals surface area contributed by atoms with Crippen LogP contribution in [0.5, 0.6) is 5.75 Å². The molecule has 1 N–H and O–H groups in total. The van der Waals surface area contributed by atoms with Crippen LogP contribution in [0.1, 0.15) is 16.1 Å². The number of aryl methyl sites for hydroxylation is 1. The molecule has 3 rings (SSSR count). The highest BCUT2D eigenvalue weighted by Crippen LogP contribution is 2.21. The molecule has 0 atom stereocenters. The Bertz CT molecular complexity index is 822. The second-order valence-electron chi connectivity index (χ2n) is 5.13. The Morgan fingerprint density at radius 3 is 2.65 bits per heavy atom. The van der Waals surface area contributed by atoms with Crippen molar-refractivity contribution in [2.45, 2.75) is 6.92 Å². The highest BCUT2D eigenvalue weighted by atomic mass is 16.5. The molecule has 0 fully saturated rings. The van der Waals surface area contributed by atoms with Crippen molar-refractivity contribution in [1.82, 2.24) is 5.16 Å². The summed E-state index contributed by atoms with van der Waals surface area (Å²) in [6.45, 7) is 2.01. The Kier molecular flexibility index (Phi) is 4.10. The van der Waals surface area contributed by atoms with Gasteiger partial charge >= 0.3 is 0 Å². The fourth-order valence-corrected chi connectivity index (χ4v) is 2.14. The lowest BCUT2D eigenvalue weighted by atomic mass is 10.1. The molecule has 3 aromatic rings. The van der Waals surface area contributed by atoms with Gasteiger partial charge < -0.3 is 14.6 Å². The maximum Gasteiger partial charge on any atom is 0.294 e. The van der Waals surface area contributed by atoms with Gasteiger partial charge in [0.25, 0.3) is 5.91 Å². The summed E-state index contributed by atoms with van der Waals surface area (Å²) >= 11 is 0. The molecule has 1 aromatic heterocycles. The summed E-state index contributed by atoms with van der Waals surface area (Å²) in [6.07, 6.45) is 0. The van der Waals surface area contributed by atoms with Crippen LogP contribution >= 0.6 is 0 Å². The summed E-state index contributed by atoms with van der Waals surface area (Å²) in [6, 6.07) is 16.6. The fraction of sp³-hybridized carbons (Fsp3) is 0.111. The third kappa shape index (κ3) is 3.40. The standard InChI is InChI=1S/C18H16N2O3/c1-12-6-8-13(9-7-12)16-11-17(23-20-16)18(21)19-14-4-3-5-15(10-14)22-2/h3-11H,1-2H3,(H,19,21). The quantitative estimate of drug-likeness (QED) is 0.793. The molecular weight excluding hydrogens is 292 g/mol. The molecule has 0 saturated heterocycles. The van der Waals surface area contributed by atoms with E-state index in [0.29, 0.717) is 17.1 Å². The summed E-state index contributed by atoms with van der Waals surface area (Å²) in [4.78, 5) is 12.2. The number of nitrogens with one attached hydrogen (secondary N) is 1. The van der Waals surface area contributed by atoms with E-state index in [-0.39, 0.29) is 11.7 Å². The van der Waals surface area contributed by atoms with Gasteiger partial charge in [0, 0.05) is 23.4 Å². The van der Waals surface area contributed by atoms with Gasteiger partial charge in [-0.3, -0.25) is 4.79 Å². The number of amides is 1. The van der Waals surface area contributed by atoms with E-state index >= 15 is 0 Å². The van der Waals surface area contributed by atoms with Gasteiger partial charge in [0.2, 0.25) is 5.76 Å². The fourth-order valence-electron chi connectivity index (χ4n) is 2.14. The van der Waals surface area contributed by atoms with E-state index in [0.717, 1.165) is 11.1 Å². The predicted molar refractivity (Wildman–Crippen MR) is 87.6 cm³/mol. The number of aromatic nitrogens is 1. The maximum absolute atomic E-state index is 12.2. The third-order valence-electron chi connectivity index (χ3n) is 3.41. The van der Waals surface area contributed by atoms with Crippen LogP contribution in [0.25, 0.3) is 11.3 Å². The van der Waals surface area contributed by atoms with E-state index < -0.39 is 0 Å². The number of carbonyl (C=O) groups is 1. The smallest absolute Gasteiger partial charge is 0.294 e. The minimum absolute atomic E-state index is 0.156. The van der Waals surface area contributed by atoms with Gasteiger partial charge in [-0.15, -0.1) is 0 Å². The van der Waals surface area contributed by atoms with Gasteiger partial charge in [0.15, 0.2) is 0 Å². The highest BCUT2D eigenvalue weighted by Gasteiger charge is 2.14. The molecule has 23 heavy (non-hydrogen) atoms. The minimum atomic E-state index is -0.357. The van der Waals surface area contributed by atoms with E-state index in [9.17, 15) is 4.79 Å². The molecule has 0 aliphatic rings. The number of anilines is 1. The molecule has 0 unspecified atom stereocenters. The van der Waals surface area contributed by atoms with Gasteiger partial charge in [-0.1, -0.05) is 41.1 Å². The molecule has 5 nitrogen and oxygen atoms in total. The second kappa shape index (κ2) is 6.36. The normalized spacial score (nSPS) is 10.3. The molecule has 0 spiro atoms. The zero-order chi connectivity index (χ0) is 16.2. The largest absolute Gasteiger partial charge is 0.497 e. The van der Waals surface area contributed by atoms with Crippen molar-refractivity contribution in [1.29, 1.82) is 0 Å². The first-order valence-electron chi connectivity index (χ1n) is 7.15. The van der Waals surface area contributed by atoms with Crippen molar-refractivity contribution in [3.8, 4) is 17.0 Å². The lowest BCUT2D eigenvalue weighted by Gasteiger charge is -2.04. The Labute approximate surface area is 133 Å². The first-order valence-corrected chi connectivity index (χ1v) is 7.15. The van der Waals surface area contributed by atoms with Crippen molar-refractivity contribution >= 4 is 11.6 Å². The van der Waals surface area contributed by atoms with E-state index in [1.165, 1.54) is 0 Å². The topological polar surface area (TPSA) is 64.4 Å². The molecule has 2 aromatic carbocycles. The van der Waals surface area contributed by atoms with Crippen molar-refractivity contribution in [2.24, 2.45) is 0 Å². The monoisotopic (exact) mass is 308 g/mol. The van der Waals surface area contributed by atoms with Crippen molar-refractivity contribution in [2.75, 3.05) is 12.4 Å². The summed E-state index contributed by atoms with van der Waals surface area (Å²) in [7, 11) is 1.57. The van der Waals surface area contributed by atoms with Crippen LogP contribution in [-0.2, 0) is 0 Å². The number of hydrogen-bond donors (Lipinski definition) is 1. The maximum atomic E-state index is 12.2. The summed E-state index contributed by atoms with van der Waals surface area (Å²) < 4.78 is 10.3. The number of carbonyl (C=O) groups excluding carboxylic acids is 1.